The van der Waals surface area contributed by atoms with Crippen LogP contribution in [-0.2, 0) is 0 Å². The molecule has 1 aromatic heterocycles. The minimum atomic E-state index is -0.0482. The maximum absolute atomic E-state index is 12.5. The number of carbonyl (C=O) groups excluding carboxylic acids is 2. The predicted molar refractivity (Wildman–Crippen MR) is 91.6 cm³/mol. The zero-order valence-electron chi connectivity index (χ0n) is 13.9. The molecule has 3 rings (SSSR count). The number of likely N-dealkylation sites (tertiary alicyclic amines) is 1. The largest absolute Gasteiger partial charge is 0.337 e. The number of nitrogens with one attached hydrogen (secondary N) is 1. The topological polar surface area (TPSA) is 75.2 Å². The number of Topliss-reactive ketones (excluding diaryl/α,β-unsaturated/α-hetero) is 1. The number of ketones is 1. The summed E-state index contributed by atoms with van der Waals surface area (Å²) in [5, 5.41) is 3.09. The van der Waals surface area contributed by atoms with Gasteiger partial charge >= 0.3 is 0 Å². The standard InChI is InChI=1S/C18H20N4O2/c1-12-11-16(17(24)22-9-3-4-10-22)21-18(19-12)20-15-7-5-14(6-8-15)13(2)23/h5-8,11H,3-4,9-10H2,1-2H3,(H,19,20,21). The number of hydrogen-bond donors (Lipinski definition) is 1. The Morgan fingerprint density at radius 1 is 1.08 bits per heavy atom. The third-order valence-corrected chi connectivity index (χ3v) is 4.01. The molecule has 1 saturated heterocycles. The van der Waals surface area contributed by atoms with E-state index in [2.05, 4.69) is 15.3 Å². The van der Waals surface area contributed by atoms with Crippen molar-refractivity contribution in [3.05, 3.63) is 47.3 Å². The van der Waals surface area contributed by atoms with Crippen molar-refractivity contribution in [2.45, 2.75) is 26.7 Å². The fourth-order valence-corrected chi connectivity index (χ4v) is 2.73. The Kier molecular flexibility index (Phi) is 4.55. The number of hydrogen-bond acceptors (Lipinski definition) is 5. The fraction of sp³-hybridized carbons (Fsp3) is 0.333. The van der Waals surface area contributed by atoms with Crippen LogP contribution >= 0.6 is 0 Å². The lowest BCUT2D eigenvalue weighted by atomic mass is 10.1. The van der Waals surface area contributed by atoms with Gasteiger partial charge in [0.1, 0.15) is 5.69 Å². The van der Waals surface area contributed by atoms with Gasteiger partial charge in [0.05, 0.1) is 0 Å². The molecule has 6 nitrogen and oxygen atoms in total. The second-order valence-electron chi connectivity index (χ2n) is 5.98. The van der Waals surface area contributed by atoms with Crippen LogP contribution in [0.25, 0.3) is 0 Å². The molecule has 6 heteroatoms. The molecule has 0 unspecified atom stereocenters. The summed E-state index contributed by atoms with van der Waals surface area (Å²) in [6.45, 7) is 4.95. The number of aryl methyl sites for hydroxylation is 1. The van der Waals surface area contributed by atoms with Crippen LogP contribution in [-0.4, -0.2) is 39.6 Å². The lowest BCUT2D eigenvalue weighted by Gasteiger charge is -2.15. The molecule has 124 valence electrons. The van der Waals surface area contributed by atoms with Crippen LogP contribution in [0.4, 0.5) is 11.6 Å². The van der Waals surface area contributed by atoms with E-state index in [9.17, 15) is 9.59 Å². The van der Waals surface area contributed by atoms with Crippen molar-refractivity contribution in [3.8, 4) is 0 Å². The van der Waals surface area contributed by atoms with Gasteiger partial charge in [0, 0.05) is 30.0 Å². The summed E-state index contributed by atoms with van der Waals surface area (Å²) >= 11 is 0. The Hall–Kier alpha value is -2.76. The molecule has 2 aromatic rings. The molecule has 0 aliphatic carbocycles. The van der Waals surface area contributed by atoms with E-state index in [0.717, 1.165) is 37.3 Å². The van der Waals surface area contributed by atoms with E-state index in [1.165, 1.54) is 6.92 Å². The Morgan fingerprint density at radius 3 is 2.38 bits per heavy atom. The van der Waals surface area contributed by atoms with Gasteiger partial charge in [-0.15, -0.1) is 0 Å². The highest BCUT2D eigenvalue weighted by Gasteiger charge is 2.21. The first kappa shape index (κ1) is 16.1. The molecule has 1 N–H and O–H groups in total. The van der Waals surface area contributed by atoms with Gasteiger partial charge in [-0.2, -0.15) is 0 Å². The summed E-state index contributed by atoms with van der Waals surface area (Å²) in [5.74, 6) is 0.355. The van der Waals surface area contributed by atoms with Crippen molar-refractivity contribution in [2.75, 3.05) is 18.4 Å². The molecule has 1 aliphatic rings. The van der Waals surface area contributed by atoms with Gasteiger partial charge in [0.25, 0.3) is 5.91 Å². The number of carbonyl (C=O) groups is 2. The minimum Gasteiger partial charge on any atom is -0.337 e. The van der Waals surface area contributed by atoms with Gasteiger partial charge in [0.15, 0.2) is 5.78 Å². The molecule has 0 bridgehead atoms. The zero-order chi connectivity index (χ0) is 17.1. The smallest absolute Gasteiger partial charge is 0.272 e. The van der Waals surface area contributed by atoms with E-state index in [0.29, 0.717) is 17.2 Å². The van der Waals surface area contributed by atoms with Crippen LogP contribution in [0.15, 0.2) is 30.3 Å². The van der Waals surface area contributed by atoms with E-state index in [4.69, 9.17) is 0 Å². The Morgan fingerprint density at radius 2 is 1.75 bits per heavy atom. The second-order valence-corrected chi connectivity index (χ2v) is 5.98. The minimum absolute atomic E-state index is 0.0202. The lowest BCUT2D eigenvalue weighted by Crippen LogP contribution is -2.28. The van der Waals surface area contributed by atoms with Gasteiger partial charge in [-0.05, 0) is 57.0 Å². The molecule has 0 spiro atoms. The van der Waals surface area contributed by atoms with Crippen molar-refractivity contribution < 1.29 is 9.59 Å². The highest BCUT2D eigenvalue weighted by atomic mass is 16.2. The average molecular weight is 324 g/mol. The number of benzene rings is 1. The van der Waals surface area contributed by atoms with Crippen molar-refractivity contribution in [1.29, 1.82) is 0 Å². The molecule has 1 aromatic carbocycles. The summed E-state index contributed by atoms with van der Waals surface area (Å²) in [5.41, 5.74) is 2.56. The first-order valence-corrected chi connectivity index (χ1v) is 8.06. The fourth-order valence-electron chi connectivity index (χ4n) is 2.73. The van der Waals surface area contributed by atoms with Gasteiger partial charge in [-0.25, -0.2) is 9.97 Å². The highest BCUT2D eigenvalue weighted by Crippen LogP contribution is 2.17. The van der Waals surface area contributed by atoms with Crippen LogP contribution in [0.5, 0.6) is 0 Å². The van der Waals surface area contributed by atoms with Crippen molar-refractivity contribution in [2.24, 2.45) is 0 Å². The lowest BCUT2D eigenvalue weighted by molar-refractivity contribution is 0.0786. The van der Waals surface area contributed by atoms with Crippen LogP contribution in [0.3, 0.4) is 0 Å². The molecule has 0 radical (unpaired) electrons. The van der Waals surface area contributed by atoms with Gasteiger partial charge in [-0.1, -0.05) is 0 Å². The molecule has 0 saturated carbocycles. The first-order valence-electron chi connectivity index (χ1n) is 8.06. The number of aromatic nitrogens is 2. The van der Waals surface area contributed by atoms with Crippen LogP contribution < -0.4 is 5.32 Å². The number of rotatable bonds is 4. The molecule has 1 amide bonds. The quantitative estimate of drug-likeness (QED) is 0.875. The van der Waals surface area contributed by atoms with Gasteiger partial charge in [-0.3, -0.25) is 9.59 Å². The SMILES string of the molecule is CC(=O)c1ccc(Nc2nc(C)cc(C(=O)N3CCCC3)n2)cc1. The van der Waals surface area contributed by atoms with Crippen molar-refractivity contribution in [1.82, 2.24) is 14.9 Å². The Labute approximate surface area is 140 Å². The summed E-state index contributed by atoms with van der Waals surface area (Å²) in [4.78, 5) is 34.3. The third-order valence-electron chi connectivity index (χ3n) is 4.01. The van der Waals surface area contributed by atoms with Gasteiger partial charge in [0.2, 0.25) is 5.95 Å². The predicted octanol–water partition coefficient (Wildman–Crippen LogP) is 2.97. The molecule has 24 heavy (non-hydrogen) atoms. The maximum Gasteiger partial charge on any atom is 0.272 e. The summed E-state index contributed by atoms with van der Waals surface area (Å²) in [6, 6.07) is 8.80. The average Bonchev–Trinajstić information content (AvgIpc) is 3.08. The van der Waals surface area contributed by atoms with E-state index < -0.39 is 0 Å². The normalized spacial score (nSPS) is 13.8. The van der Waals surface area contributed by atoms with Crippen LogP contribution in [0, 0.1) is 6.92 Å². The Bertz CT molecular complexity index is 765. The second kappa shape index (κ2) is 6.78. The number of amides is 1. The molecule has 2 heterocycles. The van der Waals surface area contributed by atoms with Crippen LogP contribution in [0.1, 0.15) is 46.3 Å². The van der Waals surface area contributed by atoms with Crippen molar-refractivity contribution >= 4 is 23.3 Å². The number of anilines is 2. The molecular formula is C18H20N4O2. The van der Waals surface area contributed by atoms with E-state index >= 15 is 0 Å². The van der Waals surface area contributed by atoms with E-state index in [-0.39, 0.29) is 11.7 Å². The summed E-state index contributed by atoms with van der Waals surface area (Å²) < 4.78 is 0. The molecule has 0 atom stereocenters. The summed E-state index contributed by atoms with van der Waals surface area (Å²) in [6.07, 6.45) is 2.09. The van der Waals surface area contributed by atoms with Crippen LogP contribution in [0.2, 0.25) is 0 Å². The zero-order valence-corrected chi connectivity index (χ0v) is 13.9. The van der Waals surface area contributed by atoms with Crippen molar-refractivity contribution in [3.63, 3.8) is 0 Å². The van der Waals surface area contributed by atoms with E-state index in [1.807, 2.05) is 11.8 Å². The monoisotopic (exact) mass is 324 g/mol. The maximum atomic E-state index is 12.5. The van der Waals surface area contributed by atoms with Gasteiger partial charge < -0.3 is 10.2 Å². The first-order chi connectivity index (χ1) is 11.5. The van der Waals surface area contributed by atoms with E-state index in [1.54, 1.807) is 30.3 Å². The number of nitrogens with zero attached hydrogens (tertiary/aromatic N) is 3. The molecule has 1 aliphatic heterocycles. The third kappa shape index (κ3) is 3.59. The summed E-state index contributed by atoms with van der Waals surface area (Å²) in [7, 11) is 0. The molecular weight excluding hydrogens is 304 g/mol. The molecule has 1 fully saturated rings. The Balaban J connectivity index is 1.80. The highest BCUT2D eigenvalue weighted by molar-refractivity contribution is 5.94.